The van der Waals surface area contributed by atoms with Crippen LogP contribution in [-0.2, 0) is 40.2 Å². The molecule has 29 heavy (non-hydrogen) atoms. The Bertz CT molecular complexity index is 1150. The van der Waals surface area contributed by atoms with Gasteiger partial charge in [-0.05, 0) is 19.3 Å². The molecule has 1 fully saturated rings. The van der Waals surface area contributed by atoms with E-state index >= 15 is 0 Å². The fraction of sp³-hybridized carbons (Fsp3) is 0.647. The zero-order chi connectivity index (χ0) is 21.3. The summed E-state index contributed by atoms with van der Waals surface area (Å²) in [6, 6.07) is -0.806. The van der Waals surface area contributed by atoms with Gasteiger partial charge >= 0.3 is 11.7 Å². The fourth-order valence-electron chi connectivity index (χ4n) is 3.59. The van der Waals surface area contributed by atoms with E-state index in [-0.39, 0.29) is 30.1 Å². The van der Waals surface area contributed by atoms with Crippen molar-refractivity contribution in [2.75, 3.05) is 18.9 Å². The van der Waals surface area contributed by atoms with Crippen molar-refractivity contribution in [1.29, 1.82) is 0 Å². The van der Waals surface area contributed by atoms with Gasteiger partial charge < -0.3 is 9.30 Å². The molecule has 11 nitrogen and oxygen atoms in total. The monoisotopic (exact) mass is 427 g/mol. The van der Waals surface area contributed by atoms with Crippen molar-refractivity contribution in [3.05, 3.63) is 27.2 Å². The first-order valence-corrected chi connectivity index (χ1v) is 11.1. The molecule has 3 heterocycles. The van der Waals surface area contributed by atoms with Gasteiger partial charge in [-0.2, -0.15) is 4.31 Å². The van der Waals surface area contributed by atoms with E-state index in [0.717, 1.165) is 4.57 Å². The number of esters is 1. The van der Waals surface area contributed by atoms with Crippen LogP contribution in [0.3, 0.4) is 0 Å². The summed E-state index contributed by atoms with van der Waals surface area (Å²) in [6.45, 7) is 2.20. The Hall–Kier alpha value is -2.47. The number of sulfonamides is 1. The third kappa shape index (κ3) is 3.86. The quantitative estimate of drug-likeness (QED) is 0.529. The molecule has 12 heteroatoms. The predicted octanol–water partition coefficient (Wildman–Crippen LogP) is -0.819. The highest BCUT2D eigenvalue weighted by Gasteiger charge is 2.39. The van der Waals surface area contributed by atoms with Crippen molar-refractivity contribution in [3.8, 4) is 0 Å². The number of carbonyl (C=O) groups excluding carboxylic acids is 1. The van der Waals surface area contributed by atoms with E-state index < -0.39 is 33.3 Å². The minimum atomic E-state index is -3.48. The number of fused-ring (bicyclic) bond motifs is 1. The minimum Gasteiger partial charge on any atom is -0.463 e. The zero-order valence-electron chi connectivity index (χ0n) is 16.7. The molecule has 1 atom stereocenters. The molecule has 0 amide bonds. The molecule has 2 aromatic rings. The molecular formula is C17H25N5O6S. The van der Waals surface area contributed by atoms with Crippen LogP contribution in [0, 0.1) is 0 Å². The van der Waals surface area contributed by atoms with Crippen molar-refractivity contribution < 1.29 is 17.9 Å². The summed E-state index contributed by atoms with van der Waals surface area (Å²) in [5.74, 6) is -0.591. The largest absolute Gasteiger partial charge is 0.463 e. The maximum Gasteiger partial charge on any atom is 0.332 e. The smallest absolute Gasteiger partial charge is 0.332 e. The van der Waals surface area contributed by atoms with Gasteiger partial charge in [0.1, 0.15) is 12.6 Å². The number of carbonyl (C=O) groups is 1. The van der Waals surface area contributed by atoms with E-state index in [1.54, 1.807) is 6.92 Å². The molecule has 0 radical (unpaired) electrons. The second-order valence-electron chi connectivity index (χ2n) is 7.07. The number of nitrogens with zero attached hydrogens (tertiary/aromatic N) is 5. The van der Waals surface area contributed by atoms with Crippen LogP contribution >= 0.6 is 0 Å². The summed E-state index contributed by atoms with van der Waals surface area (Å²) >= 11 is 0. The minimum absolute atomic E-state index is 0.000178. The Morgan fingerprint density at radius 1 is 1.28 bits per heavy atom. The summed E-state index contributed by atoms with van der Waals surface area (Å²) in [6.07, 6.45) is 2.93. The summed E-state index contributed by atoms with van der Waals surface area (Å²) in [5.41, 5.74) is -0.482. The molecule has 1 saturated heterocycles. The number of aryl methyl sites for hydroxylation is 1. The van der Waals surface area contributed by atoms with E-state index in [1.807, 2.05) is 0 Å². The van der Waals surface area contributed by atoms with Crippen molar-refractivity contribution in [3.63, 3.8) is 0 Å². The highest BCUT2D eigenvalue weighted by molar-refractivity contribution is 7.89. The first-order valence-electron chi connectivity index (χ1n) is 9.46. The lowest BCUT2D eigenvalue weighted by Gasteiger charge is -2.22. The summed E-state index contributed by atoms with van der Waals surface area (Å²) in [5, 5.41) is 0. The van der Waals surface area contributed by atoms with Crippen LogP contribution in [0.15, 0.2) is 15.9 Å². The van der Waals surface area contributed by atoms with Crippen LogP contribution in [0.4, 0.5) is 0 Å². The second kappa shape index (κ2) is 8.11. The van der Waals surface area contributed by atoms with E-state index in [1.165, 1.54) is 33.9 Å². The summed E-state index contributed by atoms with van der Waals surface area (Å²) < 4.78 is 35.0. The van der Waals surface area contributed by atoms with Gasteiger partial charge in [-0.15, -0.1) is 0 Å². The van der Waals surface area contributed by atoms with Gasteiger partial charge in [0.05, 0.1) is 18.6 Å². The average molecular weight is 427 g/mol. The van der Waals surface area contributed by atoms with Gasteiger partial charge in [0.2, 0.25) is 10.0 Å². The Labute approximate surface area is 167 Å². The van der Waals surface area contributed by atoms with Gasteiger partial charge in [0.25, 0.3) is 5.56 Å². The normalized spacial score (nSPS) is 17.8. The number of aromatic nitrogens is 4. The van der Waals surface area contributed by atoms with Gasteiger partial charge in [-0.25, -0.2) is 18.2 Å². The molecule has 1 aliphatic rings. The van der Waals surface area contributed by atoms with Crippen LogP contribution in [0.1, 0.15) is 26.2 Å². The van der Waals surface area contributed by atoms with E-state index in [0.29, 0.717) is 25.8 Å². The van der Waals surface area contributed by atoms with Gasteiger partial charge in [-0.1, -0.05) is 6.92 Å². The molecule has 0 bridgehead atoms. The van der Waals surface area contributed by atoms with Crippen LogP contribution in [0.25, 0.3) is 11.2 Å². The van der Waals surface area contributed by atoms with Crippen molar-refractivity contribution in [2.24, 2.45) is 14.1 Å². The van der Waals surface area contributed by atoms with E-state index in [9.17, 15) is 22.8 Å². The molecule has 0 saturated carbocycles. The molecule has 1 unspecified atom stereocenters. The van der Waals surface area contributed by atoms with Gasteiger partial charge in [-0.3, -0.25) is 18.7 Å². The SMILES string of the molecule is CCCS(=O)(=O)N1CCCC1C(=O)OCCn1cnc2c1c(=O)n(C)c(=O)n2C. The molecule has 160 valence electrons. The van der Waals surface area contributed by atoms with Gasteiger partial charge in [0.15, 0.2) is 11.2 Å². The Morgan fingerprint density at radius 3 is 2.69 bits per heavy atom. The lowest BCUT2D eigenvalue weighted by Crippen LogP contribution is -2.42. The topological polar surface area (TPSA) is 126 Å². The van der Waals surface area contributed by atoms with Gasteiger partial charge in [0, 0.05) is 20.6 Å². The lowest BCUT2D eigenvalue weighted by atomic mass is 10.2. The molecule has 3 rings (SSSR count). The third-order valence-electron chi connectivity index (χ3n) is 5.09. The first-order chi connectivity index (χ1) is 13.7. The van der Waals surface area contributed by atoms with Crippen molar-refractivity contribution >= 4 is 27.2 Å². The molecular weight excluding hydrogens is 402 g/mol. The average Bonchev–Trinajstić information content (AvgIpc) is 3.32. The molecule has 0 N–H and O–H groups in total. The maximum atomic E-state index is 12.5. The zero-order valence-corrected chi connectivity index (χ0v) is 17.5. The standard InChI is InChI=1S/C17H25N5O6S/c1-4-10-29(26,27)22-7-5-6-12(22)16(24)28-9-8-21-11-18-14-13(21)15(23)20(3)17(25)19(14)2/h11-12H,4-10H2,1-3H3. The molecule has 0 spiro atoms. The van der Waals surface area contributed by atoms with Crippen LogP contribution < -0.4 is 11.2 Å². The molecule has 1 aliphatic heterocycles. The Kier molecular flexibility index (Phi) is 5.94. The highest BCUT2D eigenvalue weighted by Crippen LogP contribution is 2.23. The van der Waals surface area contributed by atoms with E-state index in [4.69, 9.17) is 4.74 Å². The number of hydrogen-bond donors (Lipinski definition) is 0. The molecule has 0 aromatic carbocycles. The summed E-state index contributed by atoms with van der Waals surface area (Å²) in [7, 11) is -0.577. The molecule has 2 aromatic heterocycles. The van der Waals surface area contributed by atoms with Crippen LogP contribution in [-0.4, -0.2) is 62.3 Å². The summed E-state index contributed by atoms with van der Waals surface area (Å²) in [4.78, 5) is 40.9. The number of ether oxygens (including phenoxy) is 1. The number of hydrogen-bond acceptors (Lipinski definition) is 7. The number of imidazole rings is 1. The predicted molar refractivity (Wildman–Crippen MR) is 105 cm³/mol. The van der Waals surface area contributed by atoms with E-state index in [2.05, 4.69) is 4.98 Å². The Balaban J connectivity index is 1.71. The highest BCUT2D eigenvalue weighted by atomic mass is 32.2. The van der Waals surface area contributed by atoms with Crippen LogP contribution in [0.2, 0.25) is 0 Å². The Morgan fingerprint density at radius 2 is 2.00 bits per heavy atom. The number of rotatable bonds is 7. The van der Waals surface area contributed by atoms with Crippen molar-refractivity contribution in [2.45, 2.75) is 38.8 Å². The lowest BCUT2D eigenvalue weighted by molar-refractivity contribution is -0.147. The van der Waals surface area contributed by atoms with Crippen LogP contribution in [0.5, 0.6) is 0 Å². The first kappa shape index (κ1) is 21.2. The maximum absolute atomic E-state index is 12.5. The molecule has 0 aliphatic carbocycles. The fourth-order valence-corrected chi connectivity index (χ4v) is 5.33. The second-order valence-corrected chi connectivity index (χ2v) is 9.11. The van der Waals surface area contributed by atoms with Crippen molar-refractivity contribution in [1.82, 2.24) is 23.0 Å². The third-order valence-corrected chi connectivity index (χ3v) is 7.16.